The smallest absolute Gasteiger partial charge is 0.264 e. The molecule has 12 heteroatoms. The van der Waals surface area contributed by atoms with Crippen LogP contribution in [0.25, 0.3) is 21.5 Å². The molecule has 0 aliphatic carbocycles. The van der Waals surface area contributed by atoms with Crippen molar-refractivity contribution in [1.29, 1.82) is 0 Å². The van der Waals surface area contributed by atoms with Crippen LogP contribution in [0, 0.1) is 5.92 Å². The molecule has 1 atom stereocenters. The maximum atomic E-state index is 11.5. The summed E-state index contributed by atoms with van der Waals surface area (Å²) in [6.07, 6.45) is 5.69. The molecule has 236 valence electrons. The number of rotatable bonds is 11. The third kappa shape index (κ3) is 7.21. The van der Waals surface area contributed by atoms with Crippen LogP contribution in [-0.2, 0) is 20.2 Å². The largest absolute Gasteiger partial charge is 0.748 e. The van der Waals surface area contributed by atoms with Gasteiger partial charge in [0, 0.05) is 45.3 Å². The SMILES string of the molecule is CCC(C=C1Sc2ccc3ccccc3c2N1CCCS(=O)(=O)[O-])C=C1Sc2ccc3ccccc3c2N1CCCS(=O)(=O)O. The molecule has 1 N–H and O–H groups in total. The average Bonchev–Trinajstić information content (AvgIpc) is 3.53. The van der Waals surface area contributed by atoms with Gasteiger partial charge < -0.3 is 14.4 Å². The van der Waals surface area contributed by atoms with Crippen molar-refractivity contribution in [2.45, 2.75) is 36.0 Å². The minimum atomic E-state index is -4.34. The zero-order valence-corrected chi connectivity index (χ0v) is 27.9. The molecule has 0 amide bonds. The molecular formula is C33H33N2O6S4-. The van der Waals surface area contributed by atoms with Crippen LogP contribution in [-0.4, -0.2) is 50.5 Å². The quantitative estimate of drug-likeness (QED) is 0.160. The molecule has 1 unspecified atom stereocenters. The molecular weight excluding hydrogens is 649 g/mol. The predicted molar refractivity (Wildman–Crippen MR) is 184 cm³/mol. The fraction of sp³-hybridized carbons (Fsp3) is 0.273. The highest BCUT2D eigenvalue weighted by Crippen LogP contribution is 2.52. The number of benzene rings is 4. The Hall–Kier alpha value is -3.00. The minimum absolute atomic E-state index is 0.00553. The van der Waals surface area contributed by atoms with Crippen molar-refractivity contribution in [2.24, 2.45) is 5.92 Å². The van der Waals surface area contributed by atoms with E-state index >= 15 is 0 Å². The molecule has 4 aromatic rings. The van der Waals surface area contributed by atoms with Crippen LogP contribution in [0.15, 0.2) is 105 Å². The Morgan fingerprint density at radius 3 is 1.64 bits per heavy atom. The van der Waals surface area contributed by atoms with Crippen molar-refractivity contribution in [1.82, 2.24) is 0 Å². The summed E-state index contributed by atoms with van der Waals surface area (Å²) in [5.41, 5.74) is 2.06. The number of hydrogen-bond acceptors (Lipinski definition) is 9. The van der Waals surface area contributed by atoms with Crippen molar-refractivity contribution >= 4 is 76.7 Å². The van der Waals surface area contributed by atoms with Gasteiger partial charge in [-0.25, -0.2) is 8.42 Å². The molecule has 0 radical (unpaired) electrons. The van der Waals surface area contributed by atoms with Gasteiger partial charge in [0.15, 0.2) is 0 Å². The lowest BCUT2D eigenvalue weighted by atomic mass is 10.1. The van der Waals surface area contributed by atoms with Crippen molar-refractivity contribution < 1.29 is 25.9 Å². The normalized spacial score (nSPS) is 17.5. The van der Waals surface area contributed by atoms with Crippen LogP contribution < -0.4 is 9.80 Å². The van der Waals surface area contributed by atoms with Crippen LogP contribution in [0.4, 0.5) is 11.4 Å². The first-order valence-corrected chi connectivity index (χ1v) is 19.6. The third-order valence-corrected chi connectivity index (χ3v) is 11.8. The summed E-state index contributed by atoms with van der Waals surface area (Å²) in [6, 6.07) is 24.6. The van der Waals surface area contributed by atoms with E-state index in [1.807, 2.05) is 24.3 Å². The molecule has 45 heavy (non-hydrogen) atoms. The molecule has 0 spiro atoms. The van der Waals surface area contributed by atoms with E-state index in [0.29, 0.717) is 13.1 Å². The summed E-state index contributed by atoms with van der Waals surface area (Å²) in [7, 11) is -8.43. The summed E-state index contributed by atoms with van der Waals surface area (Å²) >= 11 is 3.29. The van der Waals surface area contributed by atoms with Gasteiger partial charge in [0.1, 0.15) is 0 Å². The van der Waals surface area contributed by atoms with E-state index in [-0.39, 0.29) is 24.5 Å². The summed E-state index contributed by atoms with van der Waals surface area (Å²) in [5, 5.41) is 6.31. The minimum Gasteiger partial charge on any atom is -0.748 e. The van der Waals surface area contributed by atoms with E-state index in [1.165, 1.54) is 0 Å². The van der Waals surface area contributed by atoms with E-state index in [9.17, 15) is 25.9 Å². The highest BCUT2D eigenvalue weighted by molar-refractivity contribution is 8.04. The molecule has 6 rings (SSSR count). The van der Waals surface area contributed by atoms with Gasteiger partial charge in [0.2, 0.25) is 0 Å². The fourth-order valence-corrected chi connectivity index (χ4v) is 9.30. The van der Waals surface area contributed by atoms with Gasteiger partial charge in [-0.05, 0) is 54.3 Å². The highest BCUT2D eigenvalue weighted by atomic mass is 32.2. The summed E-state index contributed by atoms with van der Waals surface area (Å²) in [4.78, 5) is 6.47. The van der Waals surface area contributed by atoms with Crippen LogP contribution in [0.1, 0.15) is 26.2 Å². The van der Waals surface area contributed by atoms with E-state index in [0.717, 1.165) is 59.2 Å². The second-order valence-electron chi connectivity index (χ2n) is 11.1. The van der Waals surface area contributed by atoms with E-state index in [4.69, 9.17) is 0 Å². The number of allylic oxidation sites excluding steroid dienone is 2. The molecule has 8 nitrogen and oxygen atoms in total. The number of thioether (sulfide) groups is 2. The molecule has 4 aromatic carbocycles. The van der Waals surface area contributed by atoms with E-state index in [1.54, 1.807) is 23.5 Å². The summed E-state index contributed by atoms with van der Waals surface area (Å²) < 4.78 is 66.8. The Bertz CT molecular complexity index is 1900. The van der Waals surface area contributed by atoms with E-state index in [2.05, 4.69) is 77.4 Å². The number of fused-ring (bicyclic) bond motifs is 6. The molecule has 0 aromatic heterocycles. The van der Waals surface area contributed by atoms with Gasteiger partial charge in [-0.15, -0.1) is 0 Å². The van der Waals surface area contributed by atoms with Crippen molar-refractivity contribution in [3.05, 3.63) is 95.0 Å². The summed E-state index contributed by atoms with van der Waals surface area (Å²) in [6.45, 7) is 2.93. The van der Waals surface area contributed by atoms with Crippen LogP contribution in [0.3, 0.4) is 0 Å². The molecule has 0 saturated carbocycles. The Labute approximate surface area is 272 Å². The Morgan fingerprint density at radius 1 is 0.733 bits per heavy atom. The maximum absolute atomic E-state index is 11.5. The predicted octanol–water partition coefficient (Wildman–Crippen LogP) is 7.44. The van der Waals surface area contributed by atoms with Crippen molar-refractivity contribution in [3.63, 3.8) is 0 Å². The van der Waals surface area contributed by atoms with Crippen LogP contribution in [0.5, 0.6) is 0 Å². The molecule has 0 fully saturated rings. The Balaban J connectivity index is 1.37. The number of hydrogen-bond donors (Lipinski definition) is 1. The topological polar surface area (TPSA) is 118 Å². The lowest BCUT2D eigenvalue weighted by molar-refractivity contribution is 0.461. The lowest BCUT2D eigenvalue weighted by Gasteiger charge is -2.24. The number of nitrogens with zero attached hydrogens (tertiary/aromatic N) is 2. The molecule has 2 aliphatic heterocycles. The fourth-order valence-electron chi connectivity index (χ4n) is 5.89. The first-order chi connectivity index (χ1) is 21.5. The van der Waals surface area contributed by atoms with Gasteiger partial charge in [-0.2, -0.15) is 8.42 Å². The zero-order chi connectivity index (χ0) is 31.8. The van der Waals surface area contributed by atoms with Crippen LogP contribution >= 0.6 is 23.5 Å². The van der Waals surface area contributed by atoms with Gasteiger partial charge >= 0.3 is 0 Å². The van der Waals surface area contributed by atoms with Gasteiger partial charge in [-0.3, -0.25) is 4.55 Å². The maximum Gasteiger partial charge on any atom is 0.264 e. The standard InChI is InChI=1S/C33H34N2O6S4/c1-2-23(21-30-34(17-7-19-44(36,37)38)32-26-11-5-3-9-24(26)13-15-28(32)42-30)22-31-35(18-8-20-45(39,40)41)33-27-12-6-4-10-25(27)14-16-29(33)43-31/h3-6,9-16,21-23H,2,7-8,17-20H2,1H3,(H,36,37,38)(H,39,40,41)/p-1. The zero-order valence-electron chi connectivity index (χ0n) is 24.6. The molecule has 0 saturated heterocycles. The monoisotopic (exact) mass is 681 g/mol. The first kappa shape index (κ1) is 32.0. The Kier molecular flexibility index (Phi) is 9.24. The van der Waals surface area contributed by atoms with Gasteiger partial charge in [-0.1, -0.05) is 91.1 Å². The second kappa shape index (κ2) is 13.0. The van der Waals surface area contributed by atoms with Crippen molar-refractivity contribution in [3.8, 4) is 0 Å². The molecule has 0 bridgehead atoms. The summed E-state index contributed by atoms with van der Waals surface area (Å²) in [5.74, 6) is -0.741. The highest BCUT2D eigenvalue weighted by Gasteiger charge is 2.30. The molecule has 2 aliphatic rings. The van der Waals surface area contributed by atoms with E-state index < -0.39 is 26.0 Å². The third-order valence-electron chi connectivity index (χ3n) is 7.97. The van der Waals surface area contributed by atoms with Gasteiger partial charge in [0.05, 0.1) is 37.3 Å². The molecule has 2 heterocycles. The second-order valence-corrected chi connectivity index (χ2v) is 16.3. The lowest BCUT2D eigenvalue weighted by Crippen LogP contribution is -2.23. The van der Waals surface area contributed by atoms with Gasteiger partial charge in [0.25, 0.3) is 10.1 Å². The number of anilines is 2. The average molecular weight is 682 g/mol. The van der Waals surface area contributed by atoms with Crippen molar-refractivity contribution in [2.75, 3.05) is 34.4 Å². The Morgan fingerprint density at radius 2 is 1.20 bits per heavy atom. The van der Waals surface area contributed by atoms with Crippen LogP contribution in [0.2, 0.25) is 0 Å². The first-order valence-electron chi connectivity index (χ1n) is 14.8.